The summed E-state index contributed by atoms with van der Waals surface area (Å²) in [6, 6.07) is 10.9. The molecule has 1 amide bonds. The molecule has 1 aromatic carbocycles. The monoisotopic (exact) mass is 287 g/mol. The molecular weight excluding hydrogens is 270 g/mol. The molecule has 2 aromatic rings. The Bertz CT molecular complexity index is 610. The molecule has 6 nitrogen and oxygen atoms in total. The third-order valence-corrected chi connectivity index (χ3v) is 3.13. The van der Waals surface area contributed by atoms with Gasteiger partial charge in [0.05, 0.1) is 13.0 Å². The van der Waals surface area contributed by atoms with E-state index in [-0.39, 0.29) is 18.9 Å². The van der Waals surface area contributed by atoms with Gasteiger partial charge in [-0.1, -0.05) is 30.3 Å². The third-order valence-electron chi connectivity index (χ3n) is 3.13. The summed E-state index contributed by atoms with van der Waals surface area (Å²) in [4.78, 5) is 23.5. The van der Waals surface area contributed by atoms with Gasteiger partial charge in [0.25, 0.3) is 0 Å². The Balaban J connectivity index is 2.05. The largest absolute Gasteiger partial charge is 0.479 e. The van der Waals surface area contributed by atoms with E-state index in [2.05, 4.69) is 10.4 Å². The molecule has 1 heterocycles. The molecule has 110 valence electrons. The molecule has 0 spiro atoms. The Morgan fingerprint density at radius 1 is 1.29 bits per heavy atom. The minimum atomic E-state index is -1.40. The van der Waals surface area contributed by atoms with Crippen molar-refractivity contribution >= 4 is 11.9 Å². The smallest absolute Gasteiger partial charge is 0.331 e. The number of hydrogen-bond acceptors (Lipinski definition) is 3. The molecular formula is C15H17N3O3. The second-order valence-corrected chi connectivity index (χ2v) is 5.05. The Hall–Kier alpha value is -2.63. The van der Waals surface area contributed by atoms with Crippen molar-refractivity contribution in [2.45, 2.75) is 25.4 Å². The summed E-state index contributed by atoms with van der Waals surface area (Å²) in [5.41, 5.74) is -0.570. The SMILES string of the molecule is CC(Cn1cccn1)(NC(=O)Cc1ccccc1)C(=O)O. The number of hydrogen-bond donors (Lipinski definition) is 2. The van der Waals surface area contributed by atoms with Crippen LogP contribution in [0.5, 0.6) is 0 Å². The fourth-order valence-electron chi connectivity index (χ4n) is 2.01. The lowest BCUT2D eigenvalue weighted by Crippen LogP contribution is -2.55. The van der Waals surface area contributed by atoms with Crippen LogP contribution < -0.4 is 5.32 Å². The van der Waals surface area contributed by atoms with Gasteiger partial charge in [0, 0.05) is 12.4 Å². The summed E-state index contributed by atoms with van der Waals surface area (Å²) in [7, 11) is 0. The van der Waals surface area contributed by atoms with Crippen LogP contribution in [0.2, 0.25) is 0 Å². The van der Waals surface area contributed by atoms with Crippen molar-refractivity contribution in [1.82, 2.24) is 15.1 Å². The lowest BCUT2D eigenvalue weighted by molar-refractivity contribution is -0.147. The molecule has 1 atom stereocenters. The Labute approximate surface area is 122 Å². The van der Waals surface area contributed by atoms with Crippen LogP contribution in [0.1, 0.15) is 12.5 Å². The maximum Gasteiger partial charge on any atom is 0.331 e. The number of aromatic nitrogens is 2. The zero-order chi connectivity index (χ0) is 15.3. The summed E-state index contributed by atoms with van der Waals surface area (Å²) >= 11 is 0. The van der Waals surface area contributed by atoms with Crippen LogP contribution in [0.4, 0.5) is 0 Å². The molecule has 1 unspecified atom stereocenters. The number of carbonyl (C=O) groups is 2. The van der Waals surface area contributed by atoms with Gasteiger partial charge in [-0.15, -0.1) is 0 Å². The van der Waals surface area contributed by atoms with Gasteiger partial charge in [0.2, 0.25) is 5.91 Å². The molecule has 21 heavy (non-hydrogen) atoms. The molecule has 6 heteroatoms. The van der Waals surface area contributed by atoms with Crippen LogP contribution in [-0.2, 0) is 22.6 Å². The average molecular weight is 287 g/mol. The number of carboxylic acid groups (broad SMARTS) is 1. The van der Waals surface area contributed by atoms with E-state index in [0.29, 0.717) is 0 Å². The lowest BCUT2D eigenvalue weighted by atomic mass is 10.0. The van der Waals surface area contributed by atoms with E-state index in [1.54, 1.807) is 18.5 Å². The number of nitrogens with one attached hydrogen (secondary N) is 1. The summed E-state index contributed by atoms with van der Waals surface area (Å²) in [6.45, 7) is 1.54. The lowest BCUT2D eigenvalue weighted by Gasteiger charge is -2.26. The second kappa shape index (κ2) is 6.21. The minimum Gasteiger partial charge on any atom is -0.479 e. The highest BCUT2D eigenvalue weighted by Crippen LogP contribution is 2.09. The summed E-state index contributed by atoms with van der Waals surface area (Å²) < 4.78 is 1.48. The molecule has 2 N–H and O–H groups in total. The van der Waals surface area contributed by atoms with Crippen molar-refractivity contribution in [2.75, 3.05) is 0 Å². The summed E-state index contributed by atoms with van der Waals surface area (Å²) in [6.07, 6.45) is 3.36. The molecule has 1 aromatic heterocycles. The second-order valence-electron chi connectivity index (χ2n) is 5.05. The van der Waals surface area contributed by atoms with Gasteiger partial charge in [-0.2, -0.15) is 5.10 Å². The zero-order valence-corrected chi connectivity index (χ0v) is 11.7. The number of amides is 1. The van der Waals surface area contributed by atoms with E-state index >= 15 is 0 Å². The van der Waals surface area contributed by atoms with Crippen molar-refractivity contribution in [1.29, 1.82) is 0 Å². The molecule has 2 rings (SSSR count). The predicted molar refractivity (Wildman–Crippen MR) is 76.6 cm³/mol. The molecule has 0 saturated heterocycles. The summed E-state index contributed by atoms with van der Waals surface area (Å²) in [5.74, 6) is -1.43. The fraction of sp³-hybridized carbons (Fsp3) is 0.267. The third kappa shape index (κ3) is 3.92. The van der Waals surface area contributed by atoms with Crippen LogP contribution in [0.25, 0.3) is 0 Å². The van der Waals surface area contributed by atoms with E-state index in [1.807, 2.05) is 30.3 Å². The maximum absolute atomic E-state index is 12.1. The first-order valence-corrected chi connectivity index (χ1v) is 6.55. The first kappa shape index (κ1) is 14.8. The van der Waals surface area contributed by atoms with Gasteiger partial charge >= 0.3 is 5.97 Å². The topological polar surface area (TPSA) is 84.2 Å². The van der Waals surface area contributed by atoms with Crippen LogP contribution in [0.3, 0.4) is 0 Å². The van der Waals surface area contributed by atoms with E-state index in [4.69, 9.17) is 0 Å². The van der Waals surface area contributed by atoms with Gasteiger partial charge in [-0.05, 0) is 18.6 Å². The quantitative estimate of drug-likeness (QED) is 0.833. The van der Waals surface area contributed by atoms with E-state index in [9.17, 15) is 14.7 Å². The van der Waals surface area contributed by atoms with Gasteiger partial charge in [-0.25, -0.2) is 4.79 Å². The number of carboxylic acids is 1. The first-order chi connectivity index (χ1) is 9.99. The highest BCUT2D eigenvalue weighted by atomic mass is 16.4. The Morgan fingerprint density at radius 3 is 2.57 bits per heavy atom. The number of benzene rings is 1. The van der Waals surface area contributed by atoms with Gasteiger partial charge in [-0.3, -0.25) is 9.48 Å². The maximum atomic E-state index is 12.1. The standard InChI is InChI=1S/C15H17N3O3/c1-15(14(20)21,11-18-9-5-8-16-18)17-13(19)10-12-6-3-2-4-7-12/h2-9H,10-11H2,1H3,(H,17,19)(H,20,21). The Morgan fingerprint density at radius 2 is 2.00 bits per heavy atom. The molecule has 0 aliphatic carbocycles. The van der Waals surface area contributed by atoms with Crippen molar-refractivity contribution in [3.63, 3.8) is 0 Å². The molecule has 0 aliphatic rings. The van der Waals surface area contributed by atoms with Crippen LogP contribution >= 0.6 is 0 Å². The normalized spacial score (nSPS) is 13.4. The zero-order valence-electron chi connectivity index (χ0n) is 11.7. The van der Waals surface area contributed by atoms with Crippen LogP contribution in [-0.4, -0.2) is 32.3 Å². The molecule has 0 fully saturated rings. The van der Waals surface area contributed by atoms with Gasteiger partial charge < -0.3 is 10.4 Å². The number of aliphatic carboxylic acids is 1. The highest BCUT2D eigenvalue weighted by molar-refractivity contribution is 5.87. The van der Waals surface area contributed by atoms with Gasteiger partial charge in [0.1, 0.15) is 0 Å². The molecule has 0 aliphatic heterocycles. The number of rotatable bonds is 6. The fourth-order valence-corrected chi connectivity index (χ4v) is 2.01. The van der Waals surface area contributed by atoms with Crippen LogP contribution in [0, 0.1) is 0 Å². The molecule has 0 bridgehead atoms. The van der Waals surface area contributed by atoms with Gasteiger partial charge in [0.15, 0.2) is 5.54 Å². The molecule has 0 radical (unpaired) electrons. The van der Waals surface area contributed by atoms with Crippen molar-refractivity contribution in [3.8, 4) is 0 Å². The highest BCUT2D eigenvalue weighted by Gasteiger charge is 2.35. The van der Waals surface area contributed by atoms with E-state index in [0.717, 1.165) is 5.56 Å². The van der Waals surface area contributed by atoms with Crippen molar-refractivity contribution in [3.05, 3.63) is 54.4 Å². The number of carbonyl (C=O) groups excluding carboxylic acids is 1. The van der Waals surface area contributed by atoms with E-state index < -0.39 is 11.5 Å². The Kier molecular flexibility index (Phi) is 4.37. The molecule has 0 saturated carbocycles. The number of nitrogens with zero attached hydrogens (tertiary/aromatic N) is 2. The summed E-state index contributed by atoms with van der Waals surface area (Å²) in [5, 5.41) is 15.9. The van der Waals surface area contributed by atoms with Crippen molar-refractivity contribution in [2.24, 2.45) is 0 Å². The first-order valence-electron chi connectivity index (χ1n) is 6.55. The minimum absolute atomic E-state index is 0.0653. The predicted octanol–water partition coefficient (Wildman–Crippen LogP) is 1.09. The average Bonchev–Trinajstić information content (AvgIpc) is 2.92. The van der Waals surface area contributed by atoms with Crippen molar-refractivity contribution < 1.29 is 14.7 Å². The van der Waals surface area contributed by atoms with Crippen LogP contribution in [0.15, 0.2) is 48.8 Å². The van der Waals surface area contributed by atoms with E-state index in [1.165, 1.54) is 11.6 Å².